The summed E-state index contributed by atoms with van der Waals surface area (Å²) in [5.41, 5.74) is 6.03. The third-order valence-corrected chi connectivity index (χ3v) is 4.66. The van der Waals surface area contributed by atoms with Crippen LogP contribution in [0.1, 0.15) is 12.8 Å². The number of ether oxygens (including phenoxy) is 1. The van der Waals surface area contributed by atoms with Crippen LogP contribution in [-0.2, 0) is 14.6 Å². The molecule has 0 radical (unpaired) electrons. The molecule has 0 aromatic heterocycles. The summed E-state index contributed by atoms with van der Waals surface area (Å²) in [4.78, 5) is 13.0. The van der Waals surface area contributed by atoms with E-state index in [1.165, 1.54) is 30.2 Å². The zero-order valence-corrected chi connectivity index (χ0v) is 12.7. The van der Waals surface area contributed by atoms with Gasteiger partial charge < -0.3 is 15.4 Å². The summed E-state index contributed by atoms with van der Waals surface area (Å²) in [5.74, 6) is 0.0285. The number of carbonyl (C=O) groups excluding carboxylic acids is 1. The fourth-order valence-electron chi connectivity index (χ4n) is 1.69. The summed E-state index contributed by atoms with van der Waals surface area (Å²) < 4.78 is 29.5. The molecular formula is C13H20N2O4S. The molecule has 1 amide bonds. The second kappa shape index (κ2) is 6.60. The summed E-state index contributed by atoms with van der Waals surface area (Å²) in [6, 6.07) is 4.41. The average molecular weight is 300 g/mol. The van der Waals surface area contributed by atoms with Gasteiger partial charge in [-0.2, -0.15) is 0 Å². The summed E-state index contributed by atoms with van der Waals surface area (Å²) in [6.45, 7) is 0. The van der Waals surface area contributed by atoms with Gasteiger partial charge in [0.15, 0.2) is 9.84 Å². The van der Waals surface area contributed by atoms with Crippen LogP contribution in [0.2, 0.25) is 0 Å². The Bertz CT molecular complexity index is 582. The highest BCUT2D eigenvalue weighted by Gasteiger charge is 2.20. The molecule has 1 aromatic rings. The minimum absolute atomic E-state index is 0.0931. The first-order chi connectivity index (χ1) is 9.27. The Morgan fingerprint density at radius 2 is 2.00 bits per heavy atom. The summed E-state index contributed by atoms with van der Waals surface area (Å²) >= 11 is 0. The minimum Gasteiger partial charge on any atom is -0.495 e. The zero-order valence-electron chi connectivity index (χ0n) is 11.9. The van der Waals surface area contributed by atoms with Crippen LogP contribution in [0, 0.1) is 0 Å². The Balaban J connectivity index is 2.82. The Morgan fingerprint density at radius 1 is 1.35 bits per heavy atom. The number of sulfone groups is 1. The van der Waals surface area contributed by atoms with E-state index in [9.17, 15) is 13.2 Å². The van der Waals surface area contributed by atoms with Gasteiger partial charge in [-0.1, -0.05) is 0 Å². The number of rotatable bonds is 6. The van der Waals surface area contributed by atoms with Crippen molar-refractivity contribution >= 4 is 21.4 Å². The molecule has 0 unspecified atom stereocenters. The van der Waals surface area contributed by atoms with E-state index in [-0.39, 0.29) is 35.1 Å². The van der Waals surface area contributed by atoms with Gasteiger partial charge in [0.1, 0.15) is 10.6 Å². The number of nitrogen functional groups attached to an aromatic ring is 1. The first-order valence-electron chi connectivity index (χ1n) is 6.14. The number of nitrogens with two attached hydrogens (primary N) is 1. The van der Waals surface area contributed by atoms with E-state index in [1.54, 1.807) is 14.1 Å². The first-order valence-corrected chi connectivity index (χ1v) is 7.79. The average Bonchev–Trinajstić information content (AvgIpc) is 2.37. The number of benzene rings is 1. The number of amides is 1. The van der Waals surface area contributed by atoms with Crippen LogP contribution in [0.15, 0.2) is 23.1 Å². The number of hydrogen-bond acceptors (Lipinski definition) is 5. The molecule has 0 spiro atoms. The van der Waals surface area contributed by atoms with Crippen LogP contribution in [0.5, 0.6) is 5.75 Å². The highest BCUT2D eigenvalue weighted by molar-refractivity contribution is 7.91. The van der Waals surface area contributed by atoms with Crippen molar-refractivity contribution in [2.45, 2.75) is 17.7 Å². The first kappa shape index (κ1) is 16.3. The van der Waals surface area contributed by atoms with Crippen molar-refractivity contribution in [3.63, 3.8) is 0 Å². The molecule has 6 nitrogen and oxygen atoms in total. The molecule has 0 atom stereocenters. The maximum atomic E-state index is 12.2. The van der Waals surface area contributed by atoms with Gasteiger partial charge in [-0.05, 0) is 18.6 Å². The lowest BCUT2D eigenvalue weighted by molar-refractivity contribution is -0.128. The molecule has 0 saturated carbocycles. The molecule has 0 aliphatic rings. The Labute approximate surface area is 119 Å². The monoisotopic (exact) mass is 300 g/mol. The molecule has 0 aliphatic carbocycles. The van der Waals surface area contributed by atoms with Crippen LogP contribution in [-0.4, -0.2) is 46.2 Å². The summed E-state index contributed by atoms with van der Waals surface area (Å²) in [5, 5.41) is 0. The topological polar surface area (TPSA) is 89.7 Å². The van der Waals surface area contributed by atoms with Crippen LogP contribution in [0.25, 0.3) is 0 Å². The lowest BCUT2D eigenvalue weighted by Crippen LogP contribution is -2.22. The Morgan fingerprint density at radius 3 is 2.55 bits per heavy atom. The zero-order chi connectivity index (χ0) is 15.3. The van der Waals surface area contributed by atoms with Crippen molar-refractivity contribution in [1.29, 1.82) is 0 Å². The van der Waals surface area contributed by atoms with Gasteiger partial charge >= 0.3 is 0 Å². The molecule has 1 rings (SSSR count). The minimum atomic E-state index is -3.49. The van der Waals surface area contributed by atoms with Crippen molar-refractivity contribution in [2.75, 3.05) is 32.7 Å². The molecule has 0 heterocycles. The van der Waals surface area contributed by atoms with Gasteiger partial charge in [-0.15, -0.1) is 0 Å². The van der Waals surface area contributed by atoms with Crippen molar-refractivity contribution in [1.82, 2.24) is 4.90 Å². The van der Waals surface area contributed by atoms with Gasteiger partial charge in [0, 0.05) is 32.3 Å². The van der Waals surface area contributed by atoms with Gasteiger partial charge in [0.2, 0.25) is 5.91 Å². The van der Waals surface area contributed by atoms with Gasteiger partial charge in [0.05, 0.1) is 12.9 Å². The van der Waals surface area contributed by atoms with Crippen LogP contribution in [0.4, 0.5) is 5.69 Å². The van der Waals surface area contributed by atoms with Gasteiger partial charge in [0.25, 0.3) is 0 Å². The molecule has 112 valence electrons. The van der Waals surface area contributed by atoms with E-state index in [1.807, 2.05) is 0 Å². The smallest absolute Gasteiger partial charge is 0.222 e. The second-order valence-corrected chi connectivity index (χ2v) is 6.70. The van der Waals surface area contributed by atoms with Crippen molar-refractivity contribution in [3.8, 4) is 5.75 Å². The van der Waals surface area contributed by atoms with Crippen LogP contribution < -0.4 is 10.5 Å². The molecule has 20 heavy (non-hydrogen) atoms. The van der Waals surface area contributed by atoms with E-state index < -0.39 is 9.84 Å². The highest BCUT2D eigenvalue weighted by Crippen LogP contribution is 2.27. The molecular weight excluding hydrogens is 280 g/mol. The normalized spacial score (nSPS) is 11.2. The molecule has 0 aliphatic heterocycles. The lowest BCUT2D eigenvalue weighted by atomic mass is 10.3. The van der Waals surface area contributed by atoms with E-state index in [2.05, 4.69) is 0 Å². The van der Waals surface area contributed by atoms with E-state index in [0.717, 1.165) is 0 Å². The lowest BCUT2D eigenvalue weighted by Gasteiger charge is -2.12. The van der Waals surface area contributed by atoms with Gasteiger partial charge in [-0.3, -0.25) is 4.79 Å². The predicted molar refractivity (Wildman–Crippen MR) is 77.4 cm³/mol. The molecule has 1 aromatic carbocycles. The number of nitrogens with zero attached hydrogens (tertiary/aromatic N) is 1. The number of carbonyl (C=O) groups is 1. The summed E-state index contributed by atoms with van der Waals surface area (Å²) in [7, 11) is 1.18. The number of methoxy groups -OCH3 is 1. The molecule has 0 saturated heterocycles. The van der Waals surface area contributed by atoms with Crippen LogP contribution in [0.3, 0.4) is 0 Å². The number of anilines is 1. The van der Waals surface area contributed by atoms with Crippen molar-refractivity contribution < 1.29 is 17.9 Å². The SMILES string of the molecule is COc1cc(N)ccc1S(=O)(=O)CCCC(=O)N(C)C. The molecule has 2 N–H and O–H groups in total. The largest absolute Gasteiger partial charge is 0.495 e. The van der Waals surface area contributed by atoms with E-state index >= 15 is 0 Å². The quantitative estimate of drug-likeness (QED) is 0.789. The maximum absolute atomic E-state index is 12.2. The highest BCUT2D eigenvalue weighted by atomic mass is 32.2. The molecule has 0 bridgehead atoms. The Kier molecular flexibility index (Phi) is 5.38. The van der Waals surface area contributed by atoms with E-state index in [4.69, 9.17) is 10.5 Å². The number of hydrogen-bond donors (Lipinski definition) is 1. The van der Waals surface area contributed by atoms with Crippen LogP contribution >= 0.6 is 0 Å². The fourth-order valence-corrected chi connectivity index (χ4v) is 3.16. The molecule has 0 fully saturated rings. The van der Waals surface area contributed by atoms with Crippen molar-refractivity contribution in [2.24, 2.45) is 0 Å². The second-order valence-electron chi connectivity index (χ2n) is 4.62. The third-order valence-electron chi connectivity index (χ3n) is 2.83. The van der Waals surface area contributed by atoms with Gasteiger partial charge in [-0.25, -0.2) is 8.42 Å². The maximum Gasteiger partial charge on any atom is 0.222 e. The standard InChI is InChI=1S/C13H20N2O4S/c1-15(2)13(16)5-4-8-20(17,18)12-7-6-10(14)9-11(12)19-3/h6-7,9H,4-5,8,14H2,1-3H3. The predicted octanol–water partition coefficient (Wildman–Crippen LogP) is 0.919. The van der Waals surface area contributed by atoms with E-state index in [0.29, 0.717) is 5.69 Å². The van der Waals surface area contributed by atoms with Crippen molar-refractivity contribution in [3.05, 3.63) is 18.2 Å². The fraction of sp³-hybridized carbons (Fsp3) is 0.462. The summed E-state index contributed by atoms with van der Waals surface area (Å²) in [6.07, 6.45) is 0.469. The molecule has 7 heteroatoms. The Hall–Kier alpha value is -1.76. The third kappa shape index (κ3) is 4.12.